The van der Waals surface area contributed by atoms with Gasteiger partial charge in [0.1, 0.15) is 0 Å². The summed E-state index contributed by atoms with van der Waals surface area (Å²) in [6.07, 6.45) is -37.9. The second kappa shape index (κ2) is 18.3. The highest BCUT2D eigenvalue weighted by molar-refractivity contribution is 7.86. The van der Waals surface area contributed by atoms with E-state index in [1.165, 1.54) is 0 Å². The zero-order chi connectivity index (χ0) is 50.9. The molecule has 0 aromatic heterocycles. The summed E-state index contributed by atoms with van der Waals surface area (Å²) < 4.78 is 440. The summed E-state index contributed by atoms with van der Waals surface area (Å²) in [5.74, 6) is -68.1. The second-order valence-corrected chi connectivity index (χ2v) is 14.2. The predicted octanol–water partition coefficient (Wildman–Crippen LogP) is 8.64. The average Bonchev–Trinajstić information content (AvgIpc) is 2.99. The Balaban J connectivity index is -0.000000991. The van der Waals surface area contributed by atoms with Crippen molar-refractivity contribution in [3.8, 4) is 0 Å². The normalized spacial score (nSPS) is 15.8. The SMILES string of the molecule is O=S(=O)(O)CCC(F)(F)C(F)(F)C(F)(F)C(F)(F)C(F)(C(F)(F)F)C(F)(F)F.O=S(=O)(O)CCC(F)(F)C(F)(F)C(F)(F)C(F)(F)C(F)(C(F)(F)F)C(F)(F)F.OCCCO. The number of hydrogen-bond acceptors (Lipinski definition) is 6. The van der Waals surface area contributed by atoms with Gasteiger partial charge in [0, 0.05) is 26.1 Å². The number of aliphatic hydroxyl groups is 2. The van der Waals surface area contributed by atoms with Crippen LogP contribution in [0.25, 0.3) is 0 Å². The molecule has 0 bridgehead atoms. The molecule has 0 fully saturated rings. The molecule has 40 heteroatoms. The molecule has 0 heterocycles. The van der Waals surface area contributed by atoms with Crippen LogP contribution in [0.1, 0.15) is 19.3 Å². The molecule has 0 aromatic rings. The molecule has 61 heavy (non-hydrogen) atoms. The molecule has 0 atom stereocenters. The maximum absolute atomic E-state index is 13.2. The molecule has 372 valence electrons. The Morgan fingerprint density at radius 1 is 0.311 bits per heavy atom. The van der Waals surface area contributed by atoms with Crippen molar-refractivity contribution in [2.75, 3.05) is 24.7 Å². The molecule has 0 aliphatic carbocycles. The molecule has 0 saturated heterocycles. The fraction of sp³-hybridized carbons (Fsp3) is 1.00. The Kier molecular flexibility index (Phi) is 18.8. The van der Waals surface area contributed by atoms with Crippen molar-refractivity contribution in [3.63, 3.8) is 0 Å². The molecule has 0 aliphatic heterocycles. The van der Waals surface area contributed by atoms with Crippen LogP contribution in [0, 0.1) is 0 Å². The van der Waals surface area contributed by atoms with Gasteiger partial charge in [0.25, 0.3) is 20.2 Å². The van der Waals surface area contributed by atoms with Gasteiger partial charge in [-0.1, -0.05) is 0 Å². The molecule has 4 N–H and O–H groups in total. The molecule has 0 aromatic carbocycles. The van der Waals surface area contributed by atoms with Crippen LogP contribution in [0.4, 0.5) is 132 Å². The maximum Gasteiger partial charge on any atom is 0.438 e. The number of rotatable bonds is 16. The lowest BCUT2D eigenvalue weighted by atomic mass is 9.85. The van der Waals surface area contributed by atoms with Crippen LogP contribution in [0.3, 0.4) is 0 Å². The van der Waals surface area contributed by atoms with Gasteiger partial charge in [-0.2, -0.15) is 140 Å². The van der Waals surface area contributed by atoms with Gasteiger partial charge in [0.2, 0.25) is 0 Å². The Bertz CT molecular complexity index is 1500. The van der Waals surface area contributed by atoms with Crippen molar-refractivity contribution >= 4 is 20.2 Å². The highest BCUT2D eigenvalue weighted by Crippen LogP contribution is 2.66. The van der Waals surface area contributed by atoms with E-state index in [0.717, 1.165) is 0 Å². The van der Waals surface area contributed by atoms with Gasteiger partial charge in [0.15, 0.2) is 0 Å². The van der Waals surface area contributed by atoms with Crippen LogP contribution < -0.4 is 0 Å². The second-order valence-electron chi connectivity index (χ2n) is 11.0. The van der Waals surface area contributed by atoms with Crippen molar-refractivity contribution in [2.45, 2.75) is 103 Å². The smallest absolute Gasteiger partial charge is 0.396 e. The summed E-state index contributed by atoms with van der Waals surface area (Å²) >= 11 is 0. The molecule has 0 amide bonds. The largest absolute Gasteiger partial charge is 0.438 e. The molecule has 0 spiro atoms. The Morgan fingerprint density at radius 2 is 0.492 bits per heavy atom. The van der Waals surface area contributed by atoms with Crippen LogP contribution in [0.15, 0.2) is 0 Å². The van der Waals surface area contributed by atoms with Crippen LogP contribution in [0.2, 0.25) is 0 Å². The highest BCUT2D eigenvalue weighted by Gasteiger charge is 2.97. The van der Waals surface area contributed by atoms with Crippen molar-refractivity contribution < 1.29 is 168 Å². The van der Waals surface area contributed by atoms with Crippen LogP contribution >= 0.6 is 0 Å². The van der Waals surface area contributed by atoms with Crippen molar-refractivity contribution in [1.29, 1.82) is 0 Å². The van der Waals surface area contributed by atoms with E-state index >= 15 is 0 Å². The van der Waals surface area contributed by atoms with Crippen LogP contribution in [-0.2, 0) is 20.2 Å². The molecule has 0 radical (unpaired) electrons. The van der Waals surface area contributed by atoms with Crippen LogP contribution in [0.5, 0.6) is 0 Å². The first kappa shape index (κ1) is 62.9. The molecule has 0 saturated carbocycles. The first-order chi connectivity index (χ1) is 25.8. The standard InChI is InChI=1S/2C9H5F15O3S.C3H8O2/c2*10-3(11,1-2-28(25,26)27)5(13,14)7(17,18)6(15,16)4(12,8(19,20)21)9(22,23)24;4-2-1-3-5/h2*1-2H2,(H,25,26,27);4-5H,1-3H2. The monoisotopic (exact) mass is 1030 g/mol. The lowest BCUT2D eigenvalue weighted by molar-refractivity contribution is -0.457. The fourth-order valence-corrected chi connectivity index (χ4v) is 4.25. The van der Waals surface area contributed by atoms with Crippen LogP contribution in [-0.4, -0.2) is 144 Å². The van der Waals surface area contributed by atoms with Crippen molar-refractivity contribution in [3.05, 3.63) is 0 Å². The third-order valence-electron chi connectivity index (χ3n) is 6.59. The number of hydrogen-bond donors (Lipinski definition) is 4. The summed E-state index contributed by atoms with van der Waals surface area (Å²) in [4.78, 5) is 0. The van der Waals surface area contributed by atoms with Gasteiger partial charge in [-0.05, 0) is 6.42 Å². The summed E-state index contributed by atoms with van der Waals surface area (Å²) in [7, 11) is -11.3. The van der Waals surface area contributed by atoms with E-state index in [-0.39, 0.29) is 13.2 Å². The third kappa shape index (κ3) is 12.1. The molecular formula is C21H18F30O8S2. The molecule has 0 unspecified atom stereocenters. The van der Waals surface area contributed by atoms with Crippen molar-refractivity contribution in [2.24, 2.45) is 0 Å². The van der Waals surface area contributed by atoms with Crippen molar-refractivity contribution in [1.82, 2.24) is 0 Å². The molecular weight excluding hydrogens is 1010 g/mol. The summed E-state index contributed by atoms with van der Waals surface area (Å²) in [5, 5.41) is 15.8. The zero-order valence-corrected chi connectivity index (χ0v) is 29.2. The van der Waals surface area contributed by atoms with E-state index in [0.29, 0.717) is 6.42 Å². The summed E-state index contributed by atoms with van der Waals surface area (Å²) in [6, 6.07) is 0. The first-order valence-electron chi connectivity index (χ1n) is 13.6. The van der Waals surface area contributed by atoms with Gasteiger partial charge in [-0.15, -0.1) is 0 Å². The minimum Gasteiger partial charge on any atom is -0.396 e. The Labute approximate surface area is 316 Å². The zero-order valence-electron chi connectivity index (χ0n) is 27.5. The van der Waals surface area contributed by atoms with E-state index in [2.05, 4.69) is 0 Å². The van der Waals surface area contributed by atoms with Gasteiger partial charge in [-0.3, -0.25) is 9.11 Å². The molecule has 0 rings (SSSR count). The lowest BCUT2D eigenvalue weighted by Crippen LogP contribution is -2.75. The van der Waals surface area contributed by atoms with Gasteiger partial charge in [-0.25, -0.2) is 8.78 Å². The maximum atomic E-state index is 13.2. The van der Waals surface area contributed by atoms with E-state index in [1.807, 2.05) is 0 Å². The lowest BCUT2D eigenvalue weighted by Gasteiger charge is -2.43. The number of halogens is 30. The Morgan fingerprint density at radius 3 is 0.607 bits per heavy atom. The first-order valence-corrected chi connectivity index (χ1v) is 16.8. The molecule has 0 aliphatic rings. The number of alkyl halides is 30. The van der Waals surface area contributed by atoms with Gasteiger partial charge >= 0.3 is 83.4 Å². The van der Waals surface area contributed by atoms with E-state index < -0.39 is 128 Å². The summed E-state index contributed by atoms with van der Waals surface area (Å²) in [5.41, 5.74) is -16.8. The topological polar surface area (TPSA) is 149 Å². The average molecular weight is 1030 g/mol. The quantitative estimate of drug-likeness (QED) is 0.0888. The Hall–Kier alpha value is -2.36. The summed E-state index contributed by atoms with van der Waals surface area (Å²) in [6.45, 7) is 0.188. The minimum atomic E-state index is -8.55. The van der Waals surface area contributed by atoms with E-state index in [4.69, 9.17) is 19.3 Å². The minimum absolute atomic E-state index is 0.0938. The molecule has 8 nitrogen and oxygen atoms in total. The predicted molar refractivity (Wildman–Crippen MR) is 132 cm³/mol. The van der Waals surface area contributed by atoms with Gasteiger partial charge in [0.05, 0.1) is 11.5 Å². The van der Waals surface area contributed by atoms with E-state index in [9.17, 15) is 149 Å². The highest BCUT2D eigenvalue weighted by atomic mass is 32.2. The fourth-order valence-electron chi connectivity index (χ4n) is 3.22. The van der Waals surface area contributed by atoms with Gasteiger partial charge < -0.3 is 10.2 Å². The number of aliphatic hydroxyl groups excluding tert-OH is 2. The third-order valence-corrected chi connectivity index (χ3v) is 8.03. The van der Waals surface area contributed by atoms with E-state index in [1.54, 1.807) is 0 Å².